The van der Waals surface area contributed by atoms with Crippen LogP contribution in [0, 0.1) is 5.82 Å². The maximum atomic E-state index is 13.7. The topological polar surface area (TPSA) is 57.6 Å². The molecule has 1 N–H and O–H groups in total. The highest BCUT2D eigenvalue weighted by molar-refractivity contribution is 9.10. The van der Waals surface area contributed by atoms with Crippen molar-refractivity contribution < 1.29 is 19.1 Å². The first kappa shape index (κ1) is 17.1. The van der Waals surface area contributed by atoms with Crippen LogP contribution in [-0.4, -0.2) is 32.7 Å². The van der Waals surface area contributed by atoms with Gasteiger partial charge in [-0.3, -0.25) is 14.5 Å². The number of thioether (sulfide) groups is 1. The first-order chi connectivity index (χ1) is 10.4. The molecule has 1 aliphatic rings. The van der Waals surface area contributed by atoms with Crippen molar-refractivity contribution in [3.05, 3.63) is 39.0 Å². The summed E-state index contributed by atoms with van der Waals surface area (Å²) in [5.41, 5.74) is 0.292. The zero-order valence-electron chi connectivity index (χ0n) is 11.2. The molecule has 0 radical (unpaired) electrons. The van der Waals surface area contributed by atoms with E-state index in [9.17, 15) is 14.0 Å². The fourth-order valence-electron chi connectivity index (χ4n) is 1.85. The third-order valence-corrected chi connectivity index (χ3v) is 4.76. The molecule has 1 aromatic rings. The van der Waals surface area contributed by atoms with Gasteiger partial charge in [0, 0.05) is 23.0 Å². The summed E-state index contributed by atoms with van der Waals surface area (Å²) in [7, 11) is 0. The van der Waals surface area contributed by atoms with Gasteiger partial charge in [0.25, 0.3) is 5.91 Å². The summed E-state index contributed by atoms with van der Waals surface area (Å²) in [5, 5.41) is 8.62. The van der Waals surface area contributed by atoms with Gasteiger partial charge in [-0.25, -0.2) is 4.39 Å². The largest absolute Gasteiger partial charge is 0.481 e. The van der Waals surface area contributed by atoms with Crippen LogP contribution in [-0.2, 0) is 9.59 Å². The van der Waals surface area contributed by atoms with Crippen LogP contribution in [0.25, 0.3) is 6.08 Å². The molecule has 1 amide bonds. The highest BCUT2D eigenvalue weighted by Gasteiger charge is 2.31. The number of nitrogens with zero attached hydrogens (tertiary/aromatic N) is 1. The van der Waals surface area contributed by atoms with E-state index in [1.807, 2.05) is 0 Å². The SMILES string of the molecule is O=C(O)CCCN1C(=O)C(=Cc2cc(Br)ccc2F)SC1=S. The van der Waals surface area contributed by atoms with Crippen molar-refractivity contribution in [1.82, 2.24) is 4.90 Å². The van der Waals surface area contributed by atoms with Crippen LogP contribution < -0.4 is 0 Å². The standard InChI is InChI=1S/C14H11BrFNO3S2/c15-9-3-4-10(16)8(6-9)7-11-13(20)17(14(21)22-11)5-1-2-12(18)19/h3-4,6-7H,1-2,5H2,(H,18,19). The van der Waals surface area contributed by atoms with E-state index >= 15 is 0 Å². The van der Waals surface area contributed by atoms with Crippen LogP contribution >= 0.6 is 39.9 Å². The molecule has 0 atom stereocenters. The van der Waals surface area contributed by atoms with Gasteiger partial charge in [-0.2, -0.15) is 0 Å². The number of benzene rings is 1. The number of carbonyl (C=O) groups is 2. The van der Waals surface area contributed by atoms with Crippen LogP contribution in [0.4, 0.5) is 4.39 Å². The van der Waals surface area contributed by atoms with Gasteiger partial charge in [0.05, 0.1) is 4.91 Å². The Kier molecular flexibility index (Phi) is 5.71. The van der Waals surface area contributed by atoms with Crippen molar-refractivity contribution in [3.63, 3.8) is 0 Å². The number of thiocarbonyl (C=S) groups is 1. The number of hydrogen-bond donors (Lipinski definition) is 1. The molecule has 0 saturated carbocycles. The van der Waals surface area contributed by atoms with Crippen molar-refractivity contribution in [3.8, 4) is 0 Å². The van der Waals surface area contributed by atoms with Gasteiger partial charge in [-0.1, -0.05) is 39.9 Å². The third-order valence-electron chi connectivity index (χ3n) is 2.89. The lowest BCUT2D eigenvalue weighted by Gasteiger charge is -2.13. The van der Waals surface area contributed by atoms with Gasteiger partial charge in [0.1, 0.15) is 10.1 Å². The average Bonchev–Trinajstić information content (AvgIpc) is 2.70. The lowest BCUT2D eigenvalue weighted by atomic mass is 10.2. The summed E-state index contributed by atoms with van der Waals surface area (Å²) in [6.45, 7) is 0.245. The lowest BCUT2D eigenvalue weighted by Crippen LogP contribution is -2.29. The minimum absolute atomic E-state index is 0.0314. The number of carboxylic acid groups (broad SMARTS) is 1. The quantitative estimate of drug-likeness (QED) is 0.600. The highest BCUT2D eigenvalue weighted by Crippen LogP contribution is 2.33. The molecule has 2 rings (SSSR count). The van der Waals surface area contributed by atoms with Crippen molar-refractivity contribution in [2.45, 2.75) is 12.8 Å². The second kappa shape index (κ2) is 7.34. The van der Waals surface area contributed by atoms with E-state index in [0.717, 1.165) is 11.8 Å². The van der Waals surface area contributed by atoms with Gasteiger partial charge in [0.2, 0.25) is 0 Å². The average molecular weight is 404 g/mol. The van der Waals surface area contributed by atoms with Gasteiger partial charge in [-0.05, 0) is 30.7 Å². The van der Waals surface area contributed by atoms with E-state index in [1.165, 1.54) is 17.0 Å². The van der Waals surface area contributed by atoms with Crippen LogP contribution in [0.2, 0.25) is 0 Å². The van der Waals surface area contributed by atoms with Crippen LogP contribution in [0.1, 0.15) is 18.4 Å². The summed E-state index contributed by atoms with van der Waals surface area (Å²) in [6.07, 6.45) is 1.74. The lowest BCUT2D eigenvalue weighted by molar-refractivity contribution is -0.137. The molecule has 1 aliphatic heterocycles. The minimum Gasteiger partial charge on any atom is -0.481 e. The summed E-state index contributed by atoms with van der Waals surface area (Å²) < 4.78 is 14.8. The molecular formula is C14H11BrFNO3S2. The summed E-state index contributed by atoms with van der Waals surface area (Å²) in [4.78, 5) is 24.5. The minimum atomic E-state index is -0.919. The number of halogens is 2. The van der Waals surface area contributed by atoms with Gasteiger partial charge in [0.15, 0.2) is 0 Å². The van der Waals surface area contributed by atoms with Crippen LogP contribution in [0.5, 0.6) is 0 Å². The molecule has 1 saturated heterocycles. The molecule has 1 heterocycles. The monoisotopic (exact) mass is 403 g/mol. The van der Waals surface area contributed by atoms with Crippen LogP contribution in [0.15, 0.2) is 27.6 Å². The molecule has 4 nitrogen and oxygen atoms in total. The Morgan fingerprint density at radius 2 is 2.23 bits per heavy atom. The Labute approximate surface area is 144 Å². The predicted molar refractivity (Wildman–Crippen MR) is 90.8 cm³/mol. The summed E-state index contributed by atoms with van der Waals surface area (Å²) >= 11 is 9.47. The van der Waals surface area contributed by atoms with E-state index in [-0.39, 0.29) is 18.9 Å². The molecule has 0 unspecified atom stereocenters. The Morgan fingerprint density at radius 1 is 1.50 bits per heavy atom. The molecule has 116 valence electrons. The van der Waals surface area contributed by atoms with Crippen molar-refractivity contribution in [2.24, 2.45) is 0 Å². The number of carboxylic acids is 1. The number of amides is 1. The number of rotatable bonds is 5. The Bertz CT molecular complexity index is 678. The maximum Gasteiger partial charge on any atom is 0.303 e. The second-order valence-electron chi connectivity index (χ2n) is 4.50. The fraction of sp³-hybridized carbons (Fsp3) is 0.214. The molecule has 22 heavy (non-hydrogen) atoms. The van der Waals surface area contributed by atoms with E-state index in [1.54, 1.807) is 12.1 Å². The zero-order valence-corrected chi connectivity index (χ0v) is 14.4. The molecule has 8 heteroatoms. The van der Waals surface area contributed by atoms with Gasteiger partial charge >= 0.3 is 5.97 Å². The van der Waals surface area contributed by atoms with Crippen molar-refractivity contribution in [2.75, 3.05) is 6.54 Å². The summed E-state index contributed by atoms with van der Waals surface area (Å²) in [5.74, 6) is -1.67. The second-order valence-corrected chi connectivity index (χ2v) is 7.09. The van der Waals surface area contributed by atoms with Crippen LogP contribution in [0.3, 0.4) is 0 Å². The Hall–Kier alpha value is -1.25. The Balaban J connectivity index is 2.15. The molecular weight excluding hydrogens is 393 g/mol. The summed E-state index contributed by atoms with van der Waals surface area (Å²) in [6, 6.07) is 4.46. The number of carbonyl (C=O) groups excluding carboxylic acids is 1. The molecule has 0 aliphatic carbocycles. The molecule has 0 spiro atoms. The third kappa shape index (κ3) is 4.15. The number of aliphatic carboxylic acids is 1. The van der Waals surface area contributed by atoms with E-state index in [4.69, 9.17) is 17.3 Å². The number of hydrogen-bond acceptors (Lipinski definition) is 4. The molecule has 0 bridgehead atoms. The predicted octanol–water partition coefficient (Wildman–Crippen LogP) is 3.65. The fourth-order valence-corrected chi connectivity index (χ4v) is 3.53. The smallest absolute Gasteiger partial charge is 0.303 e. The maximum absolute atomic E-state index is 13.7. The van der Waals surface area contributed by atoms with Crippen molar-refractivity contribution >= 4 is 62.2 Å². The van der Waals surface area contributed by atoms with E-state index in [0.29, 0.717) is 25.7 Å². The Morgan fingerprint density at radius 3 is 2.91 bits per heavy atom. The molecule has 1 fully saturated rings. The zero-order chi connectivity index (χ0) is 16.3. The molecule has 0 aromatic heterocycles. The highest BCUT2D eigenvalue weighted by atomic mass is 79.9. The van der Waals surface area contributed by atoms with E-state index in [2.05, 4.69) is 15.9 Å². The first-order valence-corrected chi connectivity index (χ1v) is 8.32. The first-order valence-electron chi connectivity index (χ1n) is 6.30. The van der Waals surface area contributed by atoms with Crippen molar-refractivity contribution in [1.29, 1.82) is 0 Å². The van der Waals surface area contributed by atoms with E-state index < -0.39 is 11.8 Å². The molecule has 1 aromatic carbocycles. The normalized spacial score (nSPS) is 16.6. The van der Waals surface area contributed by atoms with Gasteiger partial charge < -0.3 is 5.11 Å². The van der Waals surface area contributed by atoms with Gasteiger partial charge in [-0.15, -0.1) is 0 Å².